The van der Waals surface area contributed by atoms with Crippen LogP contribution in [0.5, 0.6) is 0 Å². The summed E-state index contributed by atoms with van der Waals surface area (Å²) in [6.07, 6.45) is 6.77. The van der Waals surface area contributed by atoms with Crippen molar-refractivity contribution in [2.45, 2.75) is 38.1 Å². The molecule has 28 heavy (non-hydrogen) atoms. The molecule has 146 valence electrons. The molecule has 2 aromatic carbocycles. The molecule has 1 heterocycles. The van der Waals surface area contributed by atoms with E-state index in [0.29, 0.717) is 5.02 Å². The molecule has 1 saturated carbocycles. The first-order valence-electron chi connectivity index (χ1n) is 10.2. The van der Waals surface area contributed by atoms with Crippen LogP contribution in [-0.2, 0) is 0 Å². The number of nitrogens with one attached hydrogen (secondary N) is 1. The smallest absolute Gasteiger partial charge is 0.162 e. The number of halogens is 1. The van der Waals surface area contributed by atoms with Gasteiger partial charge in [-0.15, -0.1) is 0 Å². The normalized spacial score (nSPS) is 15.2. The van der Waals surface area contributed by atoms with E-state index in [-0.39, 0.29) is 0 Å². The van der Waals surface area contributed by atoms with Crippen molar-refractivity contribution in [2.24, 2.45) is 0 Å². The highest BCUT2D eigenvalue weighted by molar-refractivity contribution is 6.30. The highest BCUT2D eigenvalue weighted by atomic mass is 35.5. The molecule has 0 aliphatic heterocycles. The first-order valence-corrected chi connectivity index (χ1v) is 10.6. The van der Waals surface area contributed by atoms with Gasteiger partial charge in [-0.1, -0.05) is 43.0 Å². The van der Waals surface area contributed by atoms with Crippen LogP contribution in [-0.4, -0.2) is 41.0 Å². The fourth-order valence-electron chi connectivity index (χ4n) is 3.99. The van der Waals surface area contributed by atoms with Crippen molar-refractivity contribution in [3.8, 4) is 11.4 Å². The van der Waals surface area contributed by atoms with E-state index >= 15 is 0 Å². The maximum absolute atomic E-state index is 6.03. The van der Waals surface area contributed by atoms with E-state index in [4.69, 9.17) is 21.6 Å². The van der Waals surface area contributed by atoms with E-state index in [9.17, 15) is 0 Å². The number of fused-ring (bicyclic) bond motifs is 1. The largest absolute Gasteiger partial charge is 0.368 e. The molecular formula is C23H27ClN4. The molecule has 0 spiro atoms. The number of likely N-dealkylation sites (N-methyl/N-ethyl adjacent to an activating group) is 1. The maximum atomic E-state index is 6.03. The minimum absolute atomic E-state index is 0.716. The summed E-state index contributed by atoms with van der Waals surface area (Å²) in [7, 11) is 2.24. The van der Waals surface area contributed by atoms with Gasteiger partial charge in [0.05, 0.1) is 5.52 Å². The number of aromatic nitrogens is 2. The molecule has 0 atom stereocenters. The summed E-state index contributed by atoms with van der Waals surface area (Å²) in [5.74, 6) is 1.62. The molecule has 1 fully saturated rings. The number of hydrogen-bond acceptors (Lipinski definition) is 4. The Balaban J connectivity index is 1.52. The lowest BCUT2D eigenvalue weighted by Gasteiger charge is -2.31. The van der Waals surface area contributed by atoms with Crippen molar-refractivity contribution in [1.82, 2.24) is 14.9 Å². The van der Waals surface area contributed by atoms with Gasteiger partial charge in [-0.2, -0.15) is 0 Å². The third-order valence-corrected chi connectivity index (χ3v) is 5.91. The van der Waals surface area contributed by atoms with Crippen LogP contribution in [0.1, 0.15) is 32.1 Å². The Bertz CT molecular complexity index is 920. The molecule has 0 unspecified atom stereocenters. The second kappa shape index (κ2) is 8.89. The molecule has 1 aliphatic carbocycles. The molecular weight excluding hydrogens is 368 g/mol. The van der Waals surface area contributed by atoms with Crippen molar-refractivity contribution in [3.63, 3.8) is 0 Å². The molecule has 0 amide bonds. The van der Waals surface area contributed by atoms with E-state index in [1.54, 1.807) is 0 Å². The predicted molar refractivity (Wildman–Crippen MR) is 118 cm³/mol. The van der Waals surface area contributed by atoms with Gasteiger partial charge in [0, 0.05) is 35.1 Å². The summed E-state index contributed by atoms with van der Waals surface area (Å²) in [6, 6.07) is 16.6. The Morgan fingerprint density at radius 1 is 1.00 bits per heavy atom. The maximum Gasteiger partial charge on any atom is 0.162 e. The SMILES string of the molecule is CN(CCNc1nc(-c2ccc(Cl)cc2)nc2ccccc12)C1CCCCC1. The molecule has 0 saturated heterocycles. The molecule has 4 nitrogen and oxygen atoms in total. The van der Waals surface area contributed by atoms with E-state index in [2.05, 4.69) is 23.3 Å². The van der Waals surface area contributed by atoms with Gasteiger partial charge in [0.1, 0.15) is 5.82 Å². The number of anilines is 1. The average Bonchev–Trinajstić information content (AvgIpc) is 2.74. The third-order valence-electron chi connectivity index (χ3n) is 5.66. The lowest BCUT2D eigenvalue weighted by molar-refractivity contribution is 0.198. The minimum atomic E-state index is 0.716. The lowest BCUT2D eigenvalue weighted by atomic mass is 9.94. The lowest BCUT2D eigenvalue weighted by Crippen LogP contribution is -2.36. The quantitative estimate of drug-likeness (QED) is 0.588. The molecule has 0 radical (unpaired) electrons. The van der Waals surface area contributed by atoms with Crippen LogP contribution in [0.3, 0.4) is 0 Å². The van der Waals surface area contributed by atoms with Gasteiger partial charge in [0.25, 0.3) is 0 Å². The Morgan fingerprint density at radius 2 is 1.75 bits per heavy atom. The van der Waals surface area contributed by atoms with Crippen molar-refractivity contribution >= 4 is 28.3 Å². The standard InChI is InChI=1S/C23H27ClN4/c1-28(19-7-3-2-4-8-19)16-15-25-23-20-9-5-6-10-21(20)26-22(27-23)17-11-13-18(24)14-12-17/h5-6,9-14,19H,2-4,7-8,15-16H2,1H3,(H,25,26,27). The summed E-state index contributed by atoms with van der Waals surface area (Å²) < 4.78 is 0. The third kappa shape index (κ3) is 4.45. The van der Waals surface area contributed by atoms with E-state index in [0.717, 1.165) is 47.2 Å². The highest BCUT2D eigenvalue weighted by Gasteiger charge is 2.17. The Morgan fingerprint density at radius 3 is 2.54 bits per heavy atom. The minimum Gasteiger partial charge on any atom is -0.368 e. The Labute approximate surface area is 172 Å². The molecule has 4 rings (SSSR count). The van der Waals surface area contributed by atoms with Crippen molar-refractivity contribution < 1.29 is 0 Å². The Kier molecular flexibility index (Phi) is 6.08. The number of benzene rings is 2. The van der Waals surface area contributed by atoms with Crippen LogP contribution in [0.15, 0.2) is 48.5 Å². The fourth-order valence-corrected chi connectivity index (χ4v) is 4.12. The van der Waals surface area contributed by atoms with Crippen LogP contribution in [0.2, 0.25) is 5.02 Å². The Hall–Kier alpha value is -2.17. The van der Waals surface area contributed by atoms with E-state index in [1.807, 2.05) is 42.5 Å². The van der Waals surface area contributed by atoms with Gasteiger partial charge >= 0.3 is 0 Å². The van der Waals surface area contributed by atoms with Gasteiger partial charge in [-0.25, -0.2) is 9.97 Å². The summed E-state index contributed by atoms with van der Waals surface area (Å²) >= 11 is 6.03. The average molecular weight is 395 g/mol. The summed E-state index contributed by atoms with van der Waals surface area (Å²) in [4.78, 5) is 12.1. The van der Waals surface area contributed by atoms with E-state index < -0.39 is 0 Å². The van der Waals surface area contributed by atoms with Crippen LogP contribution < -0.4 is 5.32 Å². The first-order chi connectivity index (χ1) is 13.7. The molecule has 1 N–H and O–H groups in total. The topological polar surface area (TPSA) is 41.0 Å². The number of nitrogens with zero attached hydrogens (tertiary/aromatic N) is 3. The first kappa shape index (κ1) is 19.2. The zero-order valence-corrected chi connectivity index (χ0v) is 17.1. The number of para-hydroxylation sites is 1. The monoisotopic (exact) mass is 394 g/mol. The number of rotatable bonds is 6. The second-order valence-corrected chi connectivity index (χ2v) is 8.06. The van der Waals surface area contributed by atoms with E-state index in [1.165, 1.54) is 32.1 Å². The molecule has 1 aliphatic rings. The van der Waals surface area contributed by atoms with Crippen molar-refractivity contribution in [2.75, 3.05) is 25.5 Å². The van der Waals surface area contributed by atoms with Gasteiger partial charge in [-0.3, -0.25) is 0 Å². The highest BCUT2D eigenvalue weighted by Crippen LogP contribution is 2.26. The fraction of sp³-hybridized carbons (Fsp3) is 0.391. The van der Waals surface area contributed by atoms with Crippen LogP contribution in [0, 0.1) is 0 Å². The second-order valence-electron chi connectivity index (χ2n) is 7.62. The summed E-state index contributed by atoms with van der Waals surface area (Å²) in [6.45, 7) is 1.88. The van der Waals surface area contributed by atoms with Gasteiger partial charge in [0.2, 0.25) is 0 Å². The molecule has 0 bridgehead atoms. The molecule has 5 heteroatoms. The summed E-state index contributed by atoms with van der Waals surface area (Å²) in [5.41, 5.74) is 1.92. The van der Waals surface area contributed by atoms with Crippen LogP contribution in [0.25, 0.3) is 22.3 Å². The van der Waals surface area contributed by atoms with Crippen molar-refractivity contribution in [1.29, 1.82) is 0 Å². The molecule has 3 aromatic rings. The zero-order chi connectivity index (χ0) is 19.3. The van der Waals surface area contributed by atoms with Gasteiger partial charge in [0.15, 0.2) is 5.82 Å². The van der Waals surface area contributed by atoms with Gasteiger partial charge < -0.3 is 10.2 Å². The van der Waals surface area contributed by atoms with Crippen molar-refractivity contribution in [3.05, 3.63) is 53.6 Å². The van der Waals surface area contributed by atoms with Gasteiger partial charge in [-0.05, 0) is 56.3 Å². The summed E-state index contributed by atoms with van der Waals surface area (Å²) in [5, 5.41) is 5.33. The zero-order valence-electron chi connectivity index (χ0n) is 16.4. The number of hydrogen-bond donors (Lipinski definition) is 1. The van der Waals surface area contributed by atoms with Crippen LogP contribution in [0.4, 0.5) is 5.82 Å². The predicted octanol–water partition coefficient (Wildman–Crippen LogP) is 5.63. The van der Waals surface area contributed by atoms with Crippen LogP contribution >= 0.6 is 11.6 Å². The molecule has 1 aromatic heterocycles.